The molecule has 106 valence electrons. The van der Waals surface area contributed by atoms with Gasteiger partial charge < -0.3 is 5.32 Å². The number of rotatable bonds is 4. The number of benzene rings is 2. The van der Waals surface area contributed by atoms with Crippen LogP contribution >= 0.6 is 0 Å². The summed E-state index contributed by atoms with van der Waals surface area (Å²) in [7, 11) is 0. The molecule has 0 aliphatic carbocycles. The number of pyridine rings is 1. The van der Waals surface area contributed by atoms with E-state index >= 15 is 0 Å². The molecule has 1 N–H and O–H groups in total. The highest BCUT2D eigenvalue weighted by Gasteiger charge is 2.02. The summed E-state index contributed by atoms with van der Waals surface area (Å²) in [5.41, 5.74) is 6.14. The molecule has 21 heavy (non-hydrogen) atoms. The van der Waals surface area contributed by atoms with Gasteiger partial charge in [-0.15, -0.1) is 0 Å². The van der Waals surface area contributed by atoms with Crippen LogP contribution in [0.25, 0.3) is 10.9 Å². The van der Waals surface area contributed by atoms with Crippen molar-refractivity contribution in [3.8, 4) is 0 Å². The molecule has 0 spiro atoms. The summed E-state index contributed by atoms with van der Waals surface area (Å²) in [5.74, 6) is 0. The third-order valence-electron chi connectivity index (χ3n) is 3.75. The number of nitrogens with zero attached hydrogens (tertiary/aromatic N) is 1. The van der Waals surface area contributed by atoms with E-state index in [-0.39, 0.29) is 0 Å². The van der Waals surface area contributed by atoms with Crippen LogP contribution < -0.4 is 5.32 Å². The van der Waals surface area contributed by atoms with Crippen molar-refractivity contribution in [3.63, 3.8) is 0 Å². The number of nitrogens with one attached hydrogen (secondary N) is 1. The van der Waals surface area contributed by atoms with Crippen molar-refractivity contribution in [2.75, 3.05) is 11.9 Å². The second-order valence-corrected chi connectivity index (χ2v) is 5.54. The highest BCUT2D eigenvalue weighted by molar-refractivity contribution is 5.91. The van der Waals surface area contributed by atoms with E-state index in [9.17, 15) is 0 Å². The Labute approximate surface area is 125 Å². The standard InChI is InChI=1S/C19H20N2/c1-14-3-6-16(7-4-14)9-11-20-19-10-12-21-18-8-5-15(2)13-17(18)19/h3-8,10,12-13H,9,11H2,1-2H3,(H,20,21). The van der Waals surface area contributed by atoms with Gasteiger partial charge in [0.05, 0.1) is 5.52 Å². The van der Waals surface area contributed by atoms with Gasteiger partial charge >= 0.3 is 0 Å². The van der Waals surface area contributed by atoms with Crippen LogP contribution in [0.5, 0.6) is 0 Å². The average Bonchev–Trinajstić information content (AvgIpc) is 2.50. The zero-order valence-corrected chi connectivity index (χ0v) is 12.6. The van der Waals surface area contributed by atoms with Gasteiger partial charge in [0.2, 0.25) is 0 Å². The largest absolute Gasteiger partial charge is 0.384 e. The molecule has 0 unspecified atom stereocenters. The van der Waals surface area contributed by atoms with Gasteiger partial charge in [-0.3, -0.25) is 4.98 Å². The number of fused-ring (bicyclic) bond motifs is 1. The lowest BCUT2D eigenvalue weighted by Crippen LogP contribution is -2.05. The molecule has 2 nitrogen and oxygen atoms in total. The van der Waals surface area contributed by atoms with Crippen LogP contribution in [0.2, 0.25) is 0 Å². The molecule has 2 heteroatoms. The molecule has 0 amide bonds. The number of anilines is 1. The Kier molecular flexibility index (Phi) is 3.87. The second kappa shape index (κ2) is 5.96. The first-order valence-electron chi connectivity index (χ1n) is 7.37. The van der Waals surface area contributed by atoms with Crippen LogP contribution in [0.4, 0.5) is 5.69 Å². The minimum absolute atomic E-state index is 0.927. The summed E-state index contributed by atoms with van der Waals surface area (Å²) in [6.45, 7) is 5.16. The van der Waals surface area contributed by atoms with Crippen molar-refractivity contribution in [2.45, 2.75) is 20.3 Å². The Morgan fingerprint density at radius 1 is 0.905 bits per heavy atom. The lowest BCUT2D eigenvalue weighted by Gasteiger charge is -2.10. The maximum atomic E-state index is 4.42. The van der Waals surface area contributed by atoms with Crippen molar-refractivity contribution in [2.24, 2.45) is 0 Å². The van der Waals surface area contributed by atoms with Crippen molar-refractivity contribution < 1.29 is 0 Å². The zero-order chi connectivity index (χ0) is 14.7. The molecule has 0 aliphatic rings. The molecule has 0 bridgehead atoms. The molecular weight excluding hydrogens is 256 g/mol. The summed E-state index contributed by atoms with van der Waals surface area (Å²) >= 11 is 0. The van der Waals surface area contributed by atoms with E-state index < -0.39 is 0 Å². The quantitative estimate of drug-likeness (QED) is 0.758. The van der Waals surface area contributed by atoms with E-state index in [2.05, 4.69) is 72.7 Å². The molecule has 0 saturated heterocycles. The van der Waals surface area contributed by atoms with Crippen LogP contribution in [0, 0.1) is 13.8 Å². The zero-order valence-electron chi connectivity index (χ0n) is 12.6. The fraction of sp³-hybridized carbons (Fsp3) is 0.211. The van der Waals surface area contributed by atoms with Crippen LogP contribution in [-0.4, -0.2) is 11.5 Å². The molecule has 2 aromatic carbocycles. The number of hydrogen-bond donors (Lipinski definition) is 1. The van der Waals surface area contributed by atoms with Gasteiger partial charge in [-0.05, 0) is 44.0 Å². The smallest absolute Gasteiger partial charge is 0.0722 e. The molecule has 3 aromatic rings. The summed E-state index contributed by atoms with van der Waals surface area (Å²) < 4.78 is 0. The Hall–Kier alpha value is -2.35. The Morgan fingerprint density at radius 2 is 1.67 bits per heavy atom. The normalized spacial score (nSPS) is 10.8. The van der Waals surface area contributed by atoms with Gasteiger partial charge in [0.25, 0.3) is 0 Å². The SMILES string of the molecule is Cc1ccc(CCNc2ccnc3ccc(C)cc23)cc1. The Morgan fingerprint density at radius 3 is 2.48 bits per heavy atom. The summed E-state index contributed by atoms with van der Waals surface area (Å²) in [4.78, 5) is 4.42. The maximum absolute atomic E-state index is 4.42. The van der Waals surface area contributed by atoms with Crippen molar-refractivity contribution >= 4 is 16.6 Å². The second-order valence-electron chi connectivity index (χ2n) is 5.54. The van der Waals surface area contributed by atoms with Crippen LogP contribution in [-0.2, 0) is 6.42 Å². The van der Waals surface area contributed by atoms with Gasteiger partial charge in [-0.2, -0.15) is 0 Å². The lowest BCUT2D eigenvalue weighted by atomic mass is 10.1. The van der Waals surface area contributed by atoms with Crippen LogP contribution in [0.3, 0.4) is 0 Å². The van der Waals surface area contributed by atoms with Crippen molar-refractivity contribution in [1.82, 2.24) is 4.98 Å². The monoisotopic (exact) mass is 276 g/mol. The van der Waals surface area contributed by atoms with Gasteiger partial charge in [0.15, 0.2) is 0 Å². The van der Waals surface area contributed by atoms with E-state index in [0.29, 0.717) is 0 Å². The first-order chi connectivity index (χ1) is 10.2. The molecule has 1 heterocycles. The molecule has 0 saturated carbocycles. The molecule has 0 radical (unpaired) electrons. The molecule has 3 rings (SSSR count). The fourth-order valence-electron chi connectivity index (χ4n) is 2.51. The Balaban J connectivity index is 1.73. The molecule has 0 atom stereocenters. The van der Waals surface area contributed by atoms with E-state index in [4.69, 9.17) is 0 Å². The number of hydrogen-bond acceptors (Lipinski definition) is 2. The third kappa shape index (κ3) is 3.22. The van der Waals surface area contributed by atoms with E-state index in [1.807, 2.05) is 6.20 Å². The maximum Gasteiger partial charge on any atom is 0.0722 e. The van der Waals surface area contributed by atoms with E-state index in [1.165, 1.54) is 22.1 Å². The minimum atomic E-state index is 0.927. The number of aromatic nitrogens is 1. The van der Waals surface area contributed by atoms with Gasteiger partial charge in [-0.1, -0.05) is 41.5 Å². The predicted molar refractivity (Wildman–Crippen MR) is 89.9 cm³/mol. The molecule has 0 aliphatic heterocycles. The lowest BCUT2D eigenvalue weighted by molar-refractivity contribution is 1.02. The summed E-state index contributed by atoms with van der Waals surface area (Å²) in [5, 5.41) is 4.73. The first-order valence-corrected chi connectivity index (χ1v) is 7.37. The van der Waals surface area contributed by atoms with Crippen molar-refractivity contribution in [1.29, 1.82) is 0 Å². The fourth-order valence-corrected chi connectivity index (χ4v) is 2.51. The first kappa shape index (κ1) is 13.6. The molecular formula is C19H20N2. The minimum Gasteiger partial charge on any atom is -0.384 e. The molecule has 1 aromatic heterocycles. The Bertz CT molecular complexity index is 745. The average molecular weight is 276 g/mol. The molecule has 0 fully saturated rings. The van der Waals surface area contributed by atoms with E-state index in [1.54, 1.807) is 0 Å². The third-order valence-corrected chi connectivity index (χ3v) is 3.75. The van der Waals surface area contributed by atoms with Crippen LogP contribution in [0.15, 0.2) is 54.7 Å². The highest BCUT2D eigenvalue weighted by atomic mass is 14.9. The van der Waals surface area contributed by atoms with Crippen molar-refractivity contribution in [3.05, 3.63) is 71.4 Å². The highest BCUT2D eigenvalue weighted by Crippen LogP contribution is 2.22. The summed E-state index contributed by atoms with van der Waals surface area (Å²) in [6.07, 6.45) is 2.89. The van der Waals surface area contributed by atoms with Gasteiger partial charge in [0.1, 0.15) is 0 Å². The predicted octanol–water partition coefficient (Wildman–Crippen LogP) is 4.51. The van der Waals surface area contributed by atoms with Gasteiger partial charge in [-0.25, -0.2) is 0 Å². The van der Waals surface area contributed by atoms with Gasteiger partial charge in [0, 0.05) is 23.8 Å². The van der Waals surface area contributed by atoms with E-state index in [0.717, 1.165) is 24.2 Å². The van der Waals surface area contributed by atoms with Crippen LogP contribution in [0.1, 0.15) is 16.7 Å². The number of aryl methyl sites for hydroxylation is 2. The summed E-state index contributed by atoms with van der Waals surface area (Å²) in [6, 6.07) is 17.2. The topological polar surface area (TPSA) is 24.9 Å².